The largest absolute Gasteiger partial charge is 0.307 e. The van der Waals surface area contributed by atoms with Gasteiger partial charge >= 0.3 is 0 Å². The van der Waals surface area contributed by atoms with Gasteiger partial charge in [0.15, 0.2) is 0 Å². The standard InChI is InChI=1S/C13H22N2O2S2/c1-10(9-18-4)15-11(2)12-5-7-13(8-6-12)19(16,17)14-3/h5-8,10-11,14-15H,9H2,1-4H3/t10-,11-/m1/s1. The van der Waals surface area contributed by atoms with Crippen molar-refractivity contribution < 1.29 is 8.42 Å². The summed E-state index contributed by atoms with van der Waals surface area (Å²) in [5.41, 5.74) is 1.09. The number of thioether (sulfide) groups is 1. The van der Waals surface area contributed by atoms with Crippen molar-refractivity contribution in [2.24, 2.45) is 0 Å². The van der Waals surface area contributed by atoms with Gasteiger partial charge in [-0.05, 0) is 44.8 Å². The lowest BCUT2D eigenvalue weighted by Gasteiger charge is -2.20. The average molecular weight is 302 g/mol. The maximum atomic E-state index is 11.6. The summed E-state index contributed by atoms with van der Waals surface area (Å²) >= 11 is 1.81. The van der Waals surface area contributed by atoms with Crippen LogP contribution in [0.5, 0.6) is 0 Å². The zero-order valence-corrected chi connectivity index (χ0v) is 13.4. The molecule has 0 heterocycles. The molecule has 0 radical (unpaired) electrons. The fourth-order valence-electron chi connectivity index (χ4n) is 1.87. The van der Waals surface area contributed by atoms with Crippen molar-refractivity contribution in [3.05, 3.63) is 29.8 Å². The molecule has 1 rings (SSSR count). The molecule has 0 fully saturated rings. The Morgan fingerprint density at radius 3 is 2.26 bits per heavy atom. The van der Waals surface area contributed by atoms with Gasteiger partial charge in [0, 0.05) is 17.8 Å². The molecule has 0 saturated carbocycles. The van der Waals surface area contributed by atoms with Gasteiger partial charge in [-0.15, -0.1) is 0 Å². The van der Waals surface area contributed by atoms with Crippen LogP contribution in [-0.2, 0) is 10.0 Å². The number of hydrogen-bond acceptors (Lipinski definition) is 4. The van der Waals surface area contributed by atoms with Crippen LogP contribution in [0.2, 0.25) is 0 Å². The molecular formula is C13H22N2O2S2. The van der Waals surface area contributed by atoms with Crippen molar-refractivity contribution in [2.75, 3.05) is 19.1 Å². The minimum atomic E-state index is -3.35. The van der Waals surface area contributed by atoms with E-state index in [0.717, 1.165) is 11.3 Å². The Labute approximate surface area is 120 Å². The molecule has 0 aliphatic carbocycles. The van der Waals surface area contributed by atoms with Gasteiger partial charge < -0.3 is 5.32 Å². The Hall–Kier alpha value is -0.560. The molecule has 0 bridgehead atoms. The molecule has 0 aromatic heterocycles. The molecule has 0 amide bonds. The maximum absolute atomic E-state index is 11.6. The molecule has 1 aromatic carbocycles. The minimum Gasteiger partial charge on any atom is -0.307 e. The Kier molecular flexibility index (Phi) is 6.32. The summed E-state index contributed by atoms with van der Waals surface area (Å²) in [6.45, 7) is 4.23. The SMILES string of the molecule is CNS(=O)(=O)c1ccc([C@@H](C)N[C@H](C)CSC)cc1. The van der Waals surface area contributed by atoms with E-state index >= 15 is 0 Å². The quantitative estimate of drug-likeness (QED) is 0.809. The minimum absolute atomic E-state index is 0.202. The van der Waals surface area contributed by atoms with Gasteiger partial charge in [0.05, 0.1) is 4.90 Å². The summed E-state index contributed by atoms with van der Waals surface area (Å²) in [5, 5.41) is 3.48. The van der Waals surface area contributed by atoms with Gasteiger partial charge in [-0.3, -0.25) is 0 Å². The van der Waals surface area contributed by atoms with Crippen molar-refractivity contribution >= 4 is 21.8 Å². The monoisotopic (exact) mass is 302 g/mol. The van der Waals surface area contributed by atoms with Gasteiger partial charge in [0.1, 0.15) is 0 Å². The van der Waals surface area contributed by atoms with Gasteiger partial charge in [-0.25, -0.2) is 13.1 Å². The molecule has 19 heavy (non-hydrogen) atoms. The van der Waals surface area contributed by atoms with E-state index in [9.17, 15) is 8.42 Å². The molecule has 1 aromatic rings. The second-order valence-electron chi connectivity index (χ2n) is 4.52. The van der Waals surface area contributed by atoms with Crippen LogP contribution in [0.3, 0.4) is 0 Å². The molecule has 0 unspecified atom stereocenters. The third-order valence-corrected chi connectivity index (χ3v) is 5.17. The molecular weight excluding hydrogens is 280 g/mol. The Morgan fingerprint density at radius 1 is 1.21 bits per heavy atom. The Morgan fingerprint density at radius 2 is 1.79 bits per heavy atom. The van der Waals surface area contributed by atoms with Crippen LogP contribution in [0.4, 0.5) is 0 Å². The Balaban J connectivity index is 2.76. The van der Waals surface area contributed by atoms with E-state index in [-0.39, 0.29) is 6.04 Å². The van der Waals surface area contributed by atoms with Crippen molar-refractivity contribution in [1.82, 2.24) is 10.0 Å². The molecule has 2 N–H and O–H groups in total. The van der Waals surface area contributed by atoms with Gasteiger partial charge in [-0.1, -0.05) is 12.1 Å². The molecule has 108 valence electrons. The van der Waals surface area contributed by atoms with E-state index < -0.39 is 10.0 Å². The van der Waals surface area contributed by atoms with Gasteiger partial charge in [0.2, 0.25) is 10.0 Å². The normalized spacial score (nSPS) is 15.2. The molecule has 0 saturated heterocycles. The fourth-order valence-corrected chi connectivity index (χ4v) is 3.20. The Bertz CT molecular complexity index is 486. The summed E-state index contributed by atoms with van der Waals surface area (Å²) in [7, 11) is -1.93. The predicted octanol–water partition coefficient (Wildman–Crippen LogP) is 2.00. The third kappa shape index (κ3) is 4.80. The number of benzene rings is 1. The highest BCUT2D eigenvalue weighted by molar-refractivity contribution is 7.98. The highest BCUT2D eigenvalue weighted by atomic mass is 32.2. The summed E-state index contributed by atoms with van der Waals surface area (Å²) in [6.07, 6.45) is 2.08. The zero-order chi connectivity index (χ0) is 14.5. The first kappa shape index (κ1) is 16.5. The van der Waals surface area contributed by atoms with E-state index in [1.54, 1.807) is 23.9 Å². The van der Waals surface area contributed by atoms with Crippen LogP contribution in [0.15, 0.2) is 29.2 Å². The lowest BCUT2D eigenvalue weighted by atomic mass is 10.1. The molecule has 0 aliphatic heterocycles. The average Bonchev–Trinajstić information content (AvgIpc) is 2.39. The number of rotatable bonds is 7. The van der Waals surface area contributed by atoms with Crippen LogP contribution in [0.25, 0.3) is 0 Å². The highest BCUT2D eigenvalue weighted by Gasteiger charge is 2.13. The van der Waals surface area contributed by atoms with Crippen molar-refractivity contribution in [3.63, 3.8) is 0 Å². The molecule has 4 nitrogen and oxygen atoms in total. The second-order valence-corrected chi connectivity index (χ2v) is 7.32. The lowest BCUT2D eigenvalue weighted by Crippen LogP contribution is -2.30. The lowest BCUT2D eigenvalue weighted by molar-refractivity contribution is 0.511. The van der Waals surface area contributed by atoms with Crippen LogP contribution >= 0.6 is 11.8 Å². The van der Waals surface area contributed by atoms with Crippen LogP contribution in [-0.4, -0.2) is 33.5 Å². The van der Waals surface area contributed by atoms with E-state index in [1.807, 2.05) is 12.1 Å². The van der Waals surface area contributed by atoms with Crippen molar-refractivity contribution in [1.29, 1.82) is 0 Å². The topological polar surface area (TPSA) is 58.2 Å². The predicted molar refractivity (Wildman–Crippen MR) is 82.1 cm³/mol. The van der Waals surface area contributed by atoms with Crippen LogP contribution < -0.4 is 10.0 Å². The van der Waals surface area contributed by atoms with Gasteiger partial charge in [0.25, 0.3) is 0 Å². The fraction of sp³-hybridized carbons (Fsp3) is 0.538. The first-order valence-corrected chi connectivity index (χ1v) is 9.07. The van der Waals surface area contributed by atoms with Crippen molar-refractivity contribution in [3.8, 4) is 0 Å². The number of sulfonamides is 1. The summed E-state index contributed by atoms with van der Waals surface area (Å²) < 4.78 is 25.5. The maximum Gasteiger partial charge on any atom is 0.240 e. The zero-order valence-electron chi connectivity index (χ0n) is 11.8. The third-order valence-electron chi connectivity index (χ3n) is 2.91. The number of nitrogens with one attached hydrogen (secondary N) is 2. The smallest absolute Gasteiger partial charge is 0.240 e. The van der Waals surface area contributed by atoms with E-state index in [1.165, 1.54) is 7.05 Å². The van der Waals surface area contributed by atoms with Crippen LogP contribution in [0, 0.1) is 0 Å². The summed E-state index contributed by atoms with van der Waals surface area (Å²) in [5.74, 6) is 1.05. The number of hydrogen-bond donors (Lipinski definition) is 2. The van der Waals surface area contributed by atoms with E-state index in [2.05, 4.69) is 30.1 Å². The summed E-state index contributed by atoms with van der Waals surface area (Å²) in [4.78, 5) is 0.295. The first-order chi connectivity index (χ1) is 8.90. The van der Waals surface area contributed by atoms with Gasteiger partial charge in [-0.2, -0.15) is 11.8 Å². The highest BCUT2D eigenvalue weighted by Crippen LogP contribution is 2.17. The van der Waals surface area contributed by atoms with Crippen molar-refractivity contribution in [2.45, 2.75) is 30.8 Å². The molecule has 6 heteroatoms. The molecule has 0 aliphatic rings. The molecule has 0 spiro atoms. The van der Waals surface area contributed by atoms with E-state index in [0.29, 0.717) is 10.9 Å². The second kappa shape index (κ2) is 7.28. The first-order valence-electron chi connectivity index (χ1n) is 6.19. The molecule has 2 atom stereocenters. The summed E-state index contributed by atoms with van der Waals surface area (Å²) in [6, 6.07) is 7.61. The van der Waals surface area contributed by atoms with Crippen LogP contribution in [0.1, 0.15) is 25.5 Å². The van der Waals surface area contributed by atoms with E-state index in [4.69, 9.17) is 0 Å².